The number of benzene rings is 1. The molecule has 0 aliphatic rings. The monoisotopic (exact) mass is 328 g/mol. The summed E-state index contributed by atoms with van der Waals surface area (Å²) in [6.45, 7) is 3.58. The number of rotatable bonds is 8. The molecule has 120 valence electrons. The van der Waals surface area contributed by atoms with Crippen molar-refractivity contribution in [3.63, 3.8) is 0 Å². The number of nitrogens with one attached hydrogen (secondary N) is 2. The first-order valence-corrected chi connectivity index (χ1v) is 8.16. The van der Waals surface area contributed by atoms with Crippen molar-refractivity contribution >= 4 is 11.6 Å². The van der Waals surface area contributed by atoms with Gasteiger partial charge in [0, 0.05) is 31.4 Å². The van der Waals surface area contributed by atoms with E-state index >= 15 is 0 Å². The first-order valence-electron chi connectivity index (χ1n) is 7.62. The lowest BCUT2D eigenvalue weighted by molar-refractivity contribution is 0.329. The Bertz CT molecular complexity index is 656. The standard InChI is InChI=1S/C18H21ClN4/c1-2-23(13-15-7-4-3-5-8-15)18(22-14-19)16(12-20)11-17-9-6-10-21-17/h3-10,21-22H,2,11,13-14H2,1H3. The van der Waals surface area contributed by atoms with Gasteiger partial charge in [0.15, 0.2) is 0 Å². The van der Waals surface area contributed by atoms with Crippen LogP contribution in [0.3, 0.4) is 0 Å². The molecule has 0 fully saturated rings. The van der Waals surface area contributed by atoms with Crippen molar-refractivity contribution in [3.8, 4) is 6.07 Å². The minimum atomic E-state index is 0.260. The van der Waals surface area contributed by atoms with Gasteiger partial charge in [-0.25, -0.2) is 0 Å². The summed E-state index contributed by atoms with van der Waals surface area (Å²) in [6.07, 6.45) is 2.41. The zero-order valence-electron chi connectivity index (χ0n) is 13.2. The average Bonchev–Trinajstić information content (AvgIpc) is 3.10. The van der Waals surface area contributed by atoms with E-state index in [1.165, 1.54) is 5.56 Å². The maximum atomic E-state index is 9.60. The number of nitrogens with zero attached hydrogens (tertiary/aromatic N) is 2. The van der Waals surface area contributed by atoms with E-state index in [1.54, 1.807) is 0 Å². The SMILES string of the molecule is CCN(Cc1ccccc1)C(NCCl)=C(C#N)Cc1ccc[nH]1. The van der Waals surface area contributed by atoms with Gasteiger partial charge in [0.2, 0.25) is 0 Å². The largest absolute Gasteiger partial charge is 0.365 e. The number of H-pyrrole nitrogens is 1. The Morgan fingerprint density at radius 3 is 2.61 bits per heavy atom. The summed E-state index contributed by atoms with van der Waals surface area (Å²) in [6, 6.07) is 16.7. The van der Waals surface area contributed by atoms with Gasteiger partial charge in [-0.15, -0.1) is 11.6 Å². The average molecular weight is 329 g/mol. The molecule has 0 aliphatic heterocycles. The van der Waals surface area contributed by atoms with Crippen LogP contribution in [0.5, 0.6) is 0 Å². The van der Waals surface area contributed by atoms with Gasteiger partial charge in [-0.2, -0.15) is 5.26 Å². The van der Waals surface area contributed by atoms with Crippen molar-refractivity contribution in [3.05, 3.63) is 71.3 Å². The van der Waals surface area contributed by atoms with Crippen LogP contribution in [0.1, 0.15) is 18.2 Å². The third kappa shape index (κ3) is 4.80. The quantitative estimate of drug-likeness (QED) is 0.442. The Morgan fingerprint density at radius 2 is 2.04 bits per heavy atom. The molecule has 0 atom stereocenters. The molecule has 0 spiro atoms. The molecule has 0 bridgehead atoms. The molecule has 2 N–H and O–H groups in total. The zero-order valence-corrected chi connectivity index (χ0v) is 14.0. The minimum absolute atomic E-state index is 0.260. The lowest BCUT2D eigenvalue weighted by atomic mass is 10.1. The third-order valence-corrected chi connectivity index (χ3v) is 3.73. The maximum absolute atomic E-state index is 9.60. The summed E-state index contributed by atoms with van der Waals surface area (Å²) in [5.41, 5.74) is 2.87. The molecule has 0 radical (unpaired) electrons. The maximum Gasteiger partial charge on any atom is 0.117 e. The molecule has 4 nitrogen and oxygen atoms in total. The van der Waals surface area contributed by atoms with Crippen LogP contribution in [0.15, 0.2) is 60.1 Å². The summed E-state index contributed by atoms with van der Waals surface area (Å²) >= 11 is 5.89. The fourth-order valence-electron chi connectivity index (χ4n) is 2.47. The summed E-state index contributed by atoms with van der Waals surface area (Å²) < 4.78 is 0. The molecule has 1 aromatic carbocycles. The van der Waals surface area contributed by atoms with Gasteiger partial charge in [-0.05, 0) is 24.6 Å². The Labute approximate surface area is 142 Å². The third-order valence-electron chi connectivity index (χ3n) is 3.60. The van der Waals surface area contributed by atoms with E-state index in [1.807, 2.05) is 36.5 Å². The van der Waals surface area contributed by atoms with Crippen LogP contribution in [0, 0.1) is 11.3 Å². The van der Waals surface area contributed by atoms with Crippen molar-refractivity contribution in [2.45, 2.75) is 19.9 Å². The Kier molecular flexibility index (Phi) is 6.58. The Morgan fingerprint density at radius 1 is 1.26 bits per heavy atom. The molecule has 0 saturated carbocycles. The molecule has 5 heteroatoms. The van der Waals surface area contributed by atoms with E-state index in [9.17, 15) is 5.26 Å². The van der Waals surface area contributed by atoms with Gasteiger partial charge >= 0.3 is 0 Å². The molecule has 0 unspecified atom stereocenters. The molecule has 1 aromatic heterocycles. The molecule has 0 saturated heterocycles. The van der Waals surface area contributed by atoms with E-state index < -0.39 is 0 Å². The smallest absolute Gasteiger partial charge is 0.117 e. The van der Waals surface area contributed by atoms with Crippen molar-refractivity contribution in [2.75, 3.05) is 12.5 Å². The normalized spacial score (nSPS) is 11.5. The molecule has 0 amide bonds. The minimum Gasteiger partial charge on any atom is -0.365 e. The highest BCUT2D eigenvalue weighted by atomic mass is 35.5. The second-order valence-corrected chi connectivity index (χ2v) is 5.39. The number of halogens is 1. The Balaban J connectivity index is 2.28. The first-order chi connectivity index (χ1) is 11.3. The topological polar surface area (TPSA) is 54.9 Å². The lowest BCUT2D eigenvalue weighted by Crippen LogP contribution is -2.32. The first kappa shape index (κ1) is 17.0. The van der Waals surface area contributed by atoms with Crippen LogP contribution < -0.4 is 5.32 Å². The number of nitriles is 1. The number of aromatic amines is 1. The van der Waals surface area contributed by atoms with E-state index in [0.29, 0.717) is 12.0 Å². The van der Waals surface area contributed by atoms with Gasteiger partial charge in [0.05, 0.1) is 17.6 Å². The summed E-state index contributed by atoms with van der Waals surface area (Å²) in [7, 11) is 0. The van der Waals surface area contributed by atoms with Gasteiger partial charge < -0.3 is 15.2 Å². The Hall–Kier alpha value is -2.38. The van der Waals surface area contributed by atoms with Crippen LogP contribution in [0.2, 0.25) is 0 Å². The van der Waals surface area contributed by atoms with Crippen LogP contribution in [0.4, 0.5) is 0 Å². The highest BCUT2D eigenvalue weighted by Crippen LogP contribution is 2.16. The molecule has 1 heterocycles. The number of allylic oxidation sites excluding steroid dienone is 1. The second-order valence-electron chi connectivity index (χ2n) is 5.12. The second kappa shape index (κ2) is 8.92. The van der Waals surface area contributed by atoms with Gasteiger partial charge in [0.25, 0.3) is 0 Å². The van der Waals surface area contributed by atoms with E-state index in [4.69, 9.17) is 11.6 Å². The van der Waals surface area contributed by atoms with Crippen molar-refractivity contribution < 1.29 is 0 Å². The molecule has 2 aromatic rings. The lowest BCUT2D eigenvalue weighted by Gasteiger charge is -2.27. The zero-order chi connectivity index (χ0) is 16.5. The highest BCUT2D eigenvalue weighted by Gasteiger charge is 2.15. The molecular formula is C18H21ClN4. The predicted molar refractivity (Wildman–Crippen MR) is 93.5 cm³/mol. The summed E-state index contributed by atoms with van der Waals surface area (Å²) in [5, 5.41) is 12.8. The van der Waals surface area contributed by atoms with Gasteiger partial charge in [-0.1, -0.05) is 30.3 Å². The van der Waals surface area contributed by atoms with Crippen molar-refractivity contribution in [2.24, 2.45) is 0 Å². The highest BCUT2D eigenvalue weighted by molar-refractivity contribution is 6.17. The van der Waals surface area contributed by atoms with Crippen molar-refractivity contribution in [1.82, 2.24) is 15.2 Å². The van der Waals surface area contributed by atoms with Crippen LogP contribution in [-0.4, -0.2) is 22.4 Å². The summed E-state index contributed by atoms with van der Waals surface area (Å²) in [5.74, 6) is 0.795. The predicted octanol–water partition coefficient (Wildman–Crippen LogP) is 3.60. The van der Waals surface area contributed by atoms with Gasteiger partial charge in [0.1, 0.15) is 5.82 Å². The van der Waals surface area contributed by atoms with E-state index in [-0.39, 0.29) is 6.00 Å². The van der Waals surface area contributed by atoms with Crippen LogP contribution in [0.25, 0.3) is 0 Å². The summed E-state index contributed by atoms with van der Waals surface area (Å²) in [4.78, 5) is 5.28. The van der Waals surface area contributed by atoms with Crippen molar-refractivity contribution in [1.29, 1.82) is 5.26 Å². The number of hydrogen-bond donors (Lipinski definition) is 2. The number of alkyl halides is 1. The van der Waals surface area contributed by atoms with Crippen LogP contribution >= 0.6 is 11.6 Å². The molecule has 0 aliphatic carbocycles. The fraction of sp³-hybridized carbons (Fsp3) is 0.278. The number of aromatic nitrogens is 1. The van der Waals surface area contributed by atoms with E-state index in [0.717, 1.165) is 24.6 Å². The molecule has 2 rings (SSSR count). The van der Waals surface area contributed by atoms with Crippen LogP contribution in [-0.2, 0) is 13.0 Å². The molecule has 23 heavy (non-hydrogen) atoms. The van der Waals surface area contributed by atoms with E-state index in [2.05, 4.69) is 40.3 Å². The number of hydrogen-bond acceptors (Lipinski definition) is 3. The fourth-order valence-corrected chi connectivity index (χ4v) is 2.60. The molecular weight excluding hydrogens is 308 g/mol. The van der Waals surface area contributed by atoms with Gasteiger partial charge in [-0.3, -0.25) is 0 Å².